The van der Waals surface area contributed by atoms with Gasteiger partial charge in [0.05, 0.1) is 6.10 Å². The largest absolute Gasteiger partial charge is 0.393 e. The van der Waals surface area contributed by atoms with E-state index >= 15 is 0 Å². The van der Waals surface area contributed by atoms with Gasteiger partial charge in [-0.2, -0.15) is 11.8 Å². The van der Waals surface area contributed by atoms with E-state index in [0.29, 0.717) is 17.8 Å². The Labute approximate surface area is 105 Å². The molecule has 2 nitrogen and oxygen atoms in total. The summed E-state index contributed by atoms with van der Waals surface area (Å²) in [5.74, 6) is 3.01. The molecular weight excluding hydrogens is 218 g/mol. The molecule has 0 aromatic carbocycles. The second kappa shape index (κ2) is 6.87. The number of rotatable bonds is 5. The minimum Gasteiger partial charge on any atom is -0.393 e. The summed E-state index contributed by atoms with van der Waals surface area (Å²) in [5.41, 5.74) is 0. The van der Waals surface area contributed by atoms with Crippen LogP contribution in [0.4, 0.5) is 0 Å². The molecule has 4 atom stereocenters. The minimum atomic E-state index is -0.0875. The SMILES string of the molecule is CSCCN(C)CC1C(C)CC(C)CC1O. The first-order valence-electron chi connectivity index (χ1n) is 6.40. The molecule has 1 N–H and O–H groups in total. The third kappa shape index (κ3) is 4.27. The lowest BCUT2D eigenvalue weighted by atomic mass is 9.73. The number of aliphatic hydroxyl groups excluding tert-OH is 1. The van der Waals surface area contributed by atoms with Gasteiger partial charge in [-0.1, -0.05) is 13.8 Å². The van der Waals surface area contributed by atoms with Crippen molar-refractivity contribution in [2.24, 2.45) is 17.8 Å². The van der Waals surface area contributed by atoms with E-state index in [9.17, 15) is 5.11 Å². The maximum atomic E-state index is 10.2. The van der Waals surface area contributed by atoms with Crippen molar-refractivity contribution >= 4 is 11.8 Å². The number of hydrogen-bond acceptors (Lipinski definition) is 3. The van der Waals surface area contributed by atoms with E-state index in [-0.39, 0.29) is 6.10 Å². The molecule has 0 radical (unpaired) electrons. The highest BCUT2D eigenvalue weighted by Crippen LogP contribution is 2.34. The lowest BCUT2D eigenvalue weighted by molar-refractivity contribution is 0.00240. The van der Waals surface area contributed by atoms with Crippen molar-refractivity contribution in [1.82, 2.24) is 4.90 Å². The summed E-state index contributed by atoms with van der Waals surface area (Å²) in [6.07, 6.45) is 4.33. The van der Waals surface area contributed by atoms with Crippen LogP contribution in [-0.2, 0) is 0 Å². The van der Waals surface area contributed by atoms with Crippen LogP contribution in [0.3, 0.4) is 0 Å². The van der Waals surface area contributed by atoms with Gasteiger partial charge in [0.2, 0.25) is 0 Å². The molecule has 1 rings (SSSR count). The zero-order valence-corrected chi connectivity index (χ0v) is 12.0. The van der Waals surface area contributed by atoms with Crippen molar-refractivity contribution in [2.45, 2.75) is 32.8 Å². The maximum Gasteiger partial charge on any atom is 0.0585 e. The average molecular weight is 245 g/mol. The van der Waals surface area contributed by atoms with Crippen molar-refractivity contribution in [3.8, 4) is 0 Å². The lowest BCUT2D eigenvalue weighted by Gasteiger charge is -2.38. The van der Waals surface area contributed by atoms with Crippen molar-refractivity contribution in [2.75, 3.05) is 32.1 Å². The smallest absolute Gasteiger partial charge is 0.0585 e. The molecule has 1 saturated carbocycles. The van der Waals surface area contributed by atoms with Crippen molar-refractivity contribution in [3.05, 3.63) is 0 Å². The molecule has 0 heterocycles. The minimum absolute atomic E-state index is 0.0875. The molecule has 0 aliphatic heterocycles. The topological polar surface area (TPSA) is 23.5 Å². The van der Waals surface area contributed by atoms with Gasteiger partial charge >= 0.3 is 0 Å². The first kappa shape index (κ1) is 14.3. The molecule has 16 heavy (non-hydrogen) atoms. The van der Waals surface area contributed by atoms with Crippen LogP contribution in [0, 0.1) is 17.8 Å². The van der Waals surface area contributed by atoms with Gasteiger partial charge in [0.1, 0.15) is 0 Å². The van der Waals surface area contributed by atoms with E-state index in [1.165, 1.54) is 12.2 Å². The summed E-state index contributed by atoms with van der Waals surface area (Å²) < 4.78 is 0. The number of hydrogen-bond donors (Lipinski definition) is 1. The summed E-state index contributed by atoms with van der Waals surface area (Å²) in [6.45, 7) is 6.74. The molecule has 0 aromatic rings. The van der Waals surface area contributed by atoms with Crippen molar-refractivity contribution in [1.29, 1.82) is 0 Å². The van der Waals surface area contributed by atoms with E-state index in [4.69, 9.17) is 0 Å². The van der Waals surface area contributed by atoms with Gasteiger partial charge in [-0.25, -0.2) is 0 Å². The first-order valence-corrected chi connectivity index (χ1v) is 7.79. The molecule has 0 bridgehead atoms. The number of nitrogens with zero attached hydrogens (tertiary/aromatic N) is 1. The Hall–Kier alpha value is 0.270. The van der Waals surface area contributed by atoms with Crippen LogP contribution < -0.4 is 0 Å². The number of thioether (sulfide) groups is 1. The maximum absolute atomic E-state index is 10.2. The van der Waals surface area contributed by atoms with E-state index in [0.717, 1.165) is 19.5 Å². The first-order chi connectivity index (χ1) is 7.54. The summed E-state index contributed by atoms with van der Waals surface area (Å²) >= 11 is 1.89. The van der Waals surface area contributed by atoms with E-state index in [2.05, 4.69) is 32.1 Å². The summed E-state index contributed by atoms with van der Waals surface area (Å²) in [4.78, 5) is 2.37. The summed E-state index contributed by atoms with van der Waals surface area (Å²) in [7, 11) is 2.17. The molecule has 4 unspecified atom stereocenters. The monoisotopic (exact) mass is 245 g/mol. The van der Waals surface area contributed by atoms with Gasteiger partial charge in [-0.15, -0.1) is 0 Å². The summed E-state index contributed by atoms with van der Waals surface area (Å²) in [6, 6.07) is 0. The van der Waals surface area contributed by atoms with Crippen LogP contribution in [0.1, 0.15) is 26.7 Å². The lowest BCUT2D eigenvalue weighted by Crippen LogP contribution is -2.42. The highest BCUT2D eigenvalue weighted by atomic mass is 32.2. The molecule has 0 amide bonds. The molecule has 1 aliphatic rings. The predicted octanol–water partition coefficient (Wildman–Crippen LogP) is 2.32. The second-order valence-electron chi connectivity index (χ2n) is 5.54. The molecule has 1 fully saturated rings. The van der Waals surface area contributed by atoms with Gasteiger partial charge in [0.25, 0.3) is 0 Å². The molecule has 0 spiro atoms. The zero-order valence-electron chi connectivity index (χ0n) is 11.1. The Morgan fingerprint density at radius 3 is 2.56 bits per heavy atom. The Morgan fingerprint density at radius 2 is 2.00 bits per heavy atom. The Bertz CT molecular complexity index is 188. The van der Waals surface area contributed by atoms with E-state index in [1.807, 2.05) is 11.8 Å². The fourth-order valence-corrected chi connectivity index (χ4v) is 3.37. The Kier molecular flexibility index (Phi) is 6.16. The van der Waals surface area contributed by atoms with Gasteiger partial charge in [0, 0.05) is 24.8 Å². The molecule has 0 saturated heterocycles. The van der Waals surface area contributed by atoms with Crippen molar-refractivity contribution < 1.29 is 5.11 Å². The molecule has 0 aromatic heterocycles. The molecule has 1 aliphatic carbocycles. The normalized spacial score (nSPS) is 35.6. The summed E-state index contributed by atoms with van der Waals surface area (Å²) in [5, 5.41) is 10.2. The van der Waals surface area contributed by atoms with Crippen LogP contribution in [0.2, 0.25) is 0 Å². The number of aliphatic hydroxyl groups is 1. The fourth-order valence-electron chi connectivity index (χ4n) is 2.87. The molecular formula is C13H27NOS. The Morgan fingerprint density at radius 1 is 1.31 bits per heavy atom. The highest BCUT2D eigenvalue weighted by Gasteiger charge is 2.33. The second-order valence-corrected chi connectivity index (χ2v) is 6.53. The fraction of sp³-hybridized carbons (Fsp3) is 1.00. The van der Waals surface area contributed by atoms with Gasteiger partial charge in [-0.3, -0.25) is 0 Å². The third-order valence-electron chi connectivity index (χ3n) is 3.84. The van der Waals surface area contributed by atoms with Crippen molar-refractivity contribution in [3.63, 3.8) is 0 Å². The van der Waals surface area contributed by atoms with Crippen LogP contribution >= 0.6 is 11.8 Å². The average Bonchev–Trinajstić information content (AvgIpc) is 2.20. The molecule has 96 valence electrons. The van der Waals surface area contributed by atoms with Crippen LogP contribution in [0.5, 0.6) is 0 Å². The van der Waals surface area contributed by atoms with E-state index < -0.39 is 0 Å². The van der Waals surface area contributed by atoms with Crippen LogP contribution in [-0.4, -0.2) is 48.3 Å². The van der Waals surface area contributed by atoms with E-state index in [1.54, 1.807) is 0 Å². The highest BCUT2D eigenvalue weighted by molar-refractivity contribution is 7.98. The van der Waals surface area contributed by atoms with Gasteiger partial charge in [0.15, 0.2) is 0 Å². The van der Waals surface area contributed by atoms with Gasteiger partial charge in [-0.05, 0) is 38.0 Å². The van der Waals surface area contributed by atoms with Crippen LogP contribution in [0.25, 0.3) is 0 Å². The zero-order chi connectivity index (χ0) is 12.1. The van der Waals surface area contributed by atoms with Crippen LogP contribution in [0.15, 0.2) is 0 Å². The Balaban J connectivity index is 2.39. The predicted molar refractivity (Wildman–Crippen MR) is 72.9 cm³/mol. The molecule has 3 heteroatoms. The standard InChI is InChI=1S/C13H27NOS/c1-10-7-11(2)12(13(15)8-10)9-14(3)5-6-16-4/h10-13,15H,5-9H2,1-4H3. The third-order valence-corrected chi connectivity index (χ3v) is 4.43. The quantitative estimate of drug-likeness (QED) is 0.804. The van der Waals surface area contributed by atoms with Gasteiger partial charge < -0.3 is 10.0 Å².